The summed E-state index contributed by atoms with van der Waals surface area (Å²) in [5.41, 5.74) is 2.20. The van der Waals surface area contributed by atoms with E-state index in [2.05, 4.69) is 0 Å². The zero-order valence-electron chi connectivity index (χ0n) is 11.8. The Hall–Kier alpha value is -1.56. The Balaban J connectivity index is 0.00000176. The molecule has 3 aromatic rings. The molecular formula is C15H15Cl2N3OS. The number of aryl methyl sites for hydroxylation is 1. The minimum Gasteiger partial charge on any atom is -0.313 e. The summed E-state index contributed by atoms with van der Waals surface area (Å²) in [4.78, 5) is 0.708. The van der Waals surface area contributed by atoms with Crippen molar-refractivity contribution in [3.05, 3.63) is 59.2 Å². The van der Waals surface area contributed by atoms with Gasteiger partial charge in [0.15, 0.2) is 0 Å². The van der Waals surface area contributed by atoms with Crippen molar-refractivity contribution in [3.63, 3.8) is 0 Å². The maximum Gasteiger partial charge on any atom is 0.203 e. The number of imidazole rings is 1. The van der Waals surface area contributed by atoms with Crippen molar-refractivity contribution in [2.24, 2.45) is 7.05 Å². The minimum atomic E-state index is -1.22. The molecule has 3 rings (SSSR count). The van der Waals surface area contributed by atoms with Crippen LogP contribution in [-0.4, -0.2) is 13.3 Å². The topological polar surface area (TPSA) is 50.8 Å². The summed E-state index contributed by atoms with van der Waals surface area (Å²) >= 11 is 5.85. The van der Waals surface area contributed by atoms with E-state index in [1.54, 1.807) is 33.4 Å². The van der Waals surface area contributed by atoms with Gasteiger partial charge in [-0.15, -0.1) is 12.4 Å². The van der Waals surface area contributed by atoms with Crippen molar-refractivity contribution in [3.8, 4) is 0 Å². The molecule has 1 N–H and O–H groups in total. The third kappa shape index (κ3) is 2.97. The van der Waals surface area contributed by atoms with E-state index in [4.69, 9.17) is 17.0 Å². The van der Waals surface area contributed by atoms with Gasteiger partial charge in [0, 0.05) is 17.0 Å². The lowest BCUT2D eigenvalue weighted by atomic mass is 10.3. The van der Waals surface area contributed by atoms with Crippen LogP contribution in [0.2, 0.25) is 5.02 Å². The third-order valence-electron chi connectivity index (χ3n) is 3.43. The molecule has 4 nitrogen and oxygen atoms in total. The molecule has 0 aliphatic heterocycles. The first-order valence-electron chi connectivity index (χ1n) is 6.41. The normalized spacial score (nSPS) is 12.1. The minimum absolute atomic E-state index is 0. The number of hydrogen-bond donors (Lipinski definition) is 1. The zero-order chi connectivity index (χ0) is 15.0. The molecule has 0 aliphatic carbocycles. The first kappa shape index (κ1) is 16.8. The number of para-hydroxylation sites is 2. The van der Waals surface area contributed by atoms with E-state index in [-0.39, 0.29) is 18.3 Å². The van der Waals surface area contributed by atoms with E-state index < -0.39 is 10.8 Å². The summed E-state index contributed by atoms with van der Waals surface area (Å²) in [5.74, 6) is 0.252. The molecule has 0 amide bonds. The van der Waals surface area contributed by atoms with Crippen molar-refractivity contribution in [2.75, 3.05) is 0 Å². The Morgan fingerprint density at radius 1 is 1.09 bits per heavy atom. The number of nitrogens with zero attached hydrogens (tertiary/aromatic N) is 2. The van der Waals surface area contributed by atoms with Crippen molar-refractivity contribution < 1.29 is 4.21 Å². The molecule has 116 valence electrons. The van der Waals surface area contributed by atoms with Crippen LogP contribution < -0.4 is 5.62 Å². The summed E-state index contributed by atoms with van der Waals surface area (Å²) in [6, 6.07) is 14.7. The second-order valence-electron chi connectivity index (χ2n) is 4.73. The van der Waals surface area contributed by atoms with E-state index in [0.29, 0.717) is 15.5 Å². The number of hydrogen-bond acceptors (Lipinski definition) is 2. The van der Waals surface area contributed by atoms with Gasteiger partial charge in [-0.1, -0.05) is 23.7 Å². The first-order valence-corrected chi connectivity index (χ1v) is 8.10. The van der Waals surface area contributed by atoms with Crippen LogP contribution in [0.3, 0.4) is 0 Å². The van der Waals surface area contributed by atoms with Crippen LogP contribution >= 0.6 is 24.0 Å². The first-order chi connectivity index (χ1) is 10.1. The Labute approximate surface area is 141 Å². The second-order valence-corrected chi connectivity index (χ2v) is 6.58. The zero-order valence-corrected chi connectivity index (χ0v) is 14.2. The van der Waals surface area contributed by atoms with Gasteiger partial charge in [0.25, 0.3) is 0 Å². The summed E-state index contributed by atoms with van der Waals surface area (Å²) in [5, 5.41) is 8.80. The van der Waals surface area contributed by atoms with Crippen LogP contribution in [0.4, 0.5) is 0 Å². The highest BCUT2D eigenvalue weighted by atomic mass is 35.5. The largest absolute Gasteiger partial charge is 0.313 e. The van der Waals surface area contributed by atoms with Crippen LogP contribution in [0.1, 0.15) is 0 Å². The van der Waals surface area contributed by atoms with Crippen molar-refractivity contribution in [2.45, 2.75) is 10.8 Å². The van der Waals surface area contributed by atoms with Crippen molar-refractivity contribution in [1.29, 1.82) is 5.41 Å². The van der Waals surface area contributed by atoms with E-state index in [9.17, 15) is 4.21 Å². The van der Waals surface area contributed by atoms with E-state index in [1.165, 1.54) is 0 Å². The van der Waals surface area contributed by atoms with Crippen LogP contribution in [0.5, 0.6) is 0 Å². The van der Waals surface area contributed by atoms with Crippen molar-refractivity contribution in [1.82, 2.24) is 9.13 Å². The molecule has 2 aromatic carbocycles. The van der Waals surface area contributed by atoms with Crippen molar-refractivity contribution >= 4 is 45.8 Å². The maximum absolute atomic E-state index is 12.5. The molecule has 0 saturated carbocycles. The number of aromatic nitrogens is 2. The smallest absolute Gasteiger partial charge is 0.203 e. The average Bonchev–Trinajstić information content (AvgIpc) is 2.73. The summed E-state index contributed by atoms with van der Waals surface area (Å²) in [6.07, 6.45) is 0. The van der Waals surface area contributed by atoms with E-state index >= 15 is 0 Å². The van der Waals surface area contributed by atoms with E-state index in [0.717, 1.165) is 11.0 Å². The van der Waals surface area contributed by atoms with Crippen LogP contribution in [0, 0.1) is 5.41 Å². The van der Waals surface area contributed by atoms with Crippen LogP contribution in [0.15, 0.2) is 53.4 Å². The quantitative estimate of drug-likeness (QED) is 0.769. The van der Waals surface area contributed by atoms with Gasteiger partial charge in [0.1, 0.15) is 5.88 Å². The highest BCUT2D eigenvalue weighted by Crippen LogP contribution is 2.16. The lowest BCUT2D eigenvalue weighted by Crippen LogP contribution is -2.24. The predicted molar refractivity (Wildman–Crippen MR) is 91.9 cm³/mol. The Kier molecular flexibility index (Phi) is 5.11. The number of benzene rings is 2. The molecule has 0 bridgehead atoms. The molecule has 1 aromatic heterocycles. The molecule has 22 heavy (non-hydrogen) atoms. The second kappa shape index (κ2) is 6.69. The molecular weight excluding hydrogens is 341 g/mol. The highest BCUT2D eigenvalue weighted by Gasteiger charge is 2.11. The molecule has 0 fully saturated rings. The molecule has 7 heteroatoms. The summed E-state index contributed by atoms with van der Waals surface area (Å²) in [6.45, 7) is 0. The highest BCUT2D eigenvalue weighted by molar-refractivity contribution is 7.84. The Bertz CT molecular complexity index is 884. The molecule has 1 heterocycles. The number of fused-ring (bicyclic) bond motifs is 1. The number of nitrogens with one attached hydrogen (secondary N) is 1. The Morgan fingerprint density at radius 3 is 2.32 bits per heavy atom. The summed E-state index contributed by atoms with van der Waals surface area (Å²) in [7, 11) is 0.615. The monoisotopic (exact) mass is 355 g/mol. The average molecular weight is 356 g/mol. The van der Waals surface area contributed by atoms with Gasteiger partial charge in [0.05, 0.1) is 21.8 Å². The van der Waals surface area contributed by atoms with Gasteiger partial charge < -0.3 is 4.57 Å². The molecule has 0 aliphatic rings. The lowest BCUT2D eigenvalue weighted by molar-refractivity contribution is 0.663. The fraction of sp³-hybridized carbons (Fsp3) is 0.133. The SMILES string of the molecule is Cl.Cn1c(=N)n(CS(=O)c2ccc(Cl)cc2)c2ccccc21. The summed E-state index contributed by atoms with van der Waals surface area (Å²) < 4.78 is 16.0. The lowest BCUT2D eigenvalue weighted by Gasteiger charge is -2.05. The van der Waals surface area contributed by atoms with E-state index in [1.807, 2.05) is 31.3 Å². The maximum atomic E-state index is 12.5. The number of halogens is 2. The molecule has 0 saturated heterocycles. The molecule has 1 atom stereocenters. The molecule has 0 radical (unpaired) electrons. The number of rotatable bonds is 3. The predicted octanol–water partition coefficient (Wildman–Crippen LogP) is 3.30. The standard InChI is InChI=1S/C15H14ClN3OS.ClH/c1-18-13-4-2-3-5-14(13)19(15(18)17)10-21(20)12-8-6-11(16)7-9-12;/h2-9,17H,10H2,1H3;1H. The fourth-order valence-corrected chi connectivity index (χ4v) is 3.50. The van der Waals surface area contributed by atoms with Gasteiger partial charge >= 0.3 is 0 Å². The third-order valence-corrected chi connectivity index (χ3v) is 4.97. The fourth-order valence-electron chi connectivity index (χ4n) is 2.29. The van der Waals surface area contributed by atoms with Gasteiger partial charge in [-0.05, 0) is 36.4 Å². The van der Waals surface area contributed by atoms with Gasteiger partial charge in [0.2, 0.25) is 5.62 Å². The van der Waals surface area contributed by atoms with Crippen LogP contribution in [-0.2, 0) is 23.7 Å². The van der Waals surface area contributed by atoms with Gasteiger partial charge in [-0.25, -0.2) is 0 Å². The molecule has 0 spiro atoms. The van der Waals surface area contributed by atoms with Gasteiger partial charge in [-0.3, -0.25) is 14.2 Å². The Morgan fingerprint density at radius 2 is 1.68 bits per heavy atom. The van der Waals surface area contributed by atoms with Gasteiger partial charge in [-0.2, -0.15) is 0 Å². The van der Waals surface area contributed by atoms with Crippen LogP contribution in [0.25, 0.3) is 11.0 Å². The molecule has 1 unspecified atom stereocenters.